The Hall–Kier alpha value is -6.25. The van der Waals surface area contributed by atoms with Gasteiger partial charge in [0.15, 0.2) is 17.4 Å². The molecule has 0 spiro atoms. The van der Waals surface area contributed by atoms with Crippen molar-refractivity contribution in [1.82, 2.24) is 49.9 Å². The standard InChI is InChI=1S/C59H76N12O6S/c1-36(2)55(59(75)71-33-45(72)28-51(71)58(74)63-37(3)41-9-11-42(12-10-41)56-38(4)62-35-78-56)53-30-54(66-77-53)69-23-15-40(16-24-69)31-67-19-17-46(18-20-67)76-47-26-44(27-47)68-21-13-39(14-22-68)25-43-32-70(34-61-43)50-29-49(64-65-57(50)60)48-7-5-6-8-52(48)73/h5-12,29-30,32,34-37,39-40,44-47,51,55,72-73H,13-28,31,33H2,1-4H3,(H2,60,65)(H,63,74)/t37-,44-,45+,47-,51-,55+/m0/s1. The van der Waals surface area contributed by atoms with E-state index in [-0.39, 0.29) is 42.5 Å². The van der Waals surface area contributed by atoms with Crippen LogP contribution in [0.25, 0.3) is 27.4 Å². The fourth-order valence-electron chi connectivity index (χ4n) is 12.7. The van der Waals surface area contributed by atoms with Crippen LogP contribution in [0.3, 0.4) is 0 Å². The van der Waals surface area contributed by atoms with E-state index in [9.17, 15) is 19.8 Å². The first-order valence-corrected chi connectivity index (χ1v) is 29.3. The van der Waals surface area contributed by atoms with Gasteiger partial charge >= 0.3 is 0 Å². The van der Waals surface area contributed by atoms with Gasteiger partial charge in [-0.05, 0) is 132 Å². The van der Waals surface area contributed by atoms with Crippen LogP contribution in [-0.4, -0.2) is 149 Å². The average Bonchev–Trinajstić information content (AvgIpc) is 4.31. The second-order valence-corrected chi connectivity index (χ2v) is 24.0. The van der Waals surface area contributed by atoms with Crippen molar-refractivity contribution in [3.8, 4) is 33.1 Å². The molecule has 4 aliphatic heterocycles. The molecule has 0 bridgehead atoms. The van der Waals surface area contributed by atoms with E-state index in [2.05, 4.69) is 40.4 Å². The molecular formula is C59H76N12O6S. The lowest BCUT2D eigenvalue weighted by Gasteiger charge is -2.47. The Kier molecular flexibility index (Phi) is 16.3. The number of imidazole rings is 1. The summed E-state index contributed by atoms with van der Waals surface area (Å²) in [5.41, 5.74) is 14.0. The van der Waals surface area contributed by atoms with Gasteiger partial charge in [-0.2, -0.15) is 0 Å². The molecular weight excluding hydrogens is 1000 g/mol. The number of hydrogen-bond donors (Lipinski definition) is 4. The molecule has 18 nitrogen and oxygen atoms in total. The summed E-state index contributed by atoms with van der Waals surface area (Å²) in [6, 6.07) is 18.5. The van der Waals surface area contributed by atoms with Crippen LogP contribution < -0.4 is 16.0 Å². The van der Waals surface area contributed by atoms with E-state index in [0.717, 1.165) is 137 Å². The predicted molar refractivity (Wildman–Crippen MR) is 300 cm³/mol. The highest BCUT2D eigenvalue weighted by Gasteiger charge is 2.44. The zero-order chi connectivity index (χ0) is 54.0. The largest absolute Gasteiger partial charge is 0.507 e. The number of hydrogen-bond acceptors (Lipinski definition) is 16. The molecule has 0 radical (unpaired) electrons. The highest BCUT2D eigenvalue weighted by molar-refractivity contribution is 7.13. The topological polar surface area (TPSA) is 217 Å². The number of β-amino-alcohol motifs (C(OH)–C–C–N with tert-alkyl or cyclic N) is 1. The number of phenols is 1. The molecule has 2 amide bonds. The SMILES string of the molecule is Cc1ncsc1-c1ccc([C@H](C)NC(=O)[C@@H]2C[C@@H](O)CN2C(=O)[C@@H](c2cc(N3CCC(CN4CCC(O[C@H]5C[C@H](N6CCC(Cc7cn(-c8cc(-c9ccccc9O)nnc8N)cn7)CC6)C5)CC4)CC3)no2)C(C)C)cc1. The summed E-state index contributed by atoms with van der Waals surface area (Å²) >= 11 is 1.60. The summed E-state index contributed by atoms with van der Waals surface area (Å²) in [5, 5.41) is 37.1. The highest BCUT2D eigenvalue weighted by atomic mass is 32.1. The summed E-state index contributed by atoms with van der Waals surface area (Å²) in [4.78, 5) is 47.6. The van der Waals surface area contributed by atoms with Crippen molar-refractivity contribution < 1.29 is 29.1 Å². The Bertz CT molecular complexity index is 2990. The van der Waals surface area contributed by atoms with Gasteiger partial charge in [-0.25, -0.2) is 9.97 Å². The minimum Gasteiger partial charge on any atom is -0.507 e. The molecule has 11 rings (SSSR count). The van der Waals surface area contributed by atoms with Crippen molar-refractivity contribution in [3.05, 3.63) is 101 Å². The number of nitrogens with zero attached hydrogens (tertiary/aromatic N) is 10. The Labute approximate surface area is 461 Å². The number of amides is 2. The number of para-hydroxylation sites is 1. The third-order valence-corrected chi connectivity index (χ3v) is 18.4. The number of aromatic nitrogens is 6. The molecule has 19 heteroatoms. The normalized spacial score (nSPS) is 22.9. The summed E-state index contributed by atoms with van der Waals surface area (Å²) < 4.78 is 14.6. The summed E-state index contributed by atoms with van der Waals surface area (Å²) in [7, 11) is 0. The molecule has 4 aromatic heterocycles. The number of carbonyl (C=O) groups is 2. The van der Waals surface area contributed by atoms with Gasteiger partial charge in [-0.1, -0.05) is 55.4 Å². The van der Waals surface area contributed by atoms with Crippen molar-refractivity contribution in [3.63, 3.8) is 0 Å². The van der Waals surface area contributed by atoms with Gasteiger partial charge < -0.3 is 54.7 Å². The van der Waals surface area contributed by atoms with Crippen LogP contribution in [0.5, 0.6) is 5.75 Å². The molecule has 0 unspecified atom stereocenters. The van der Waals surface area contributed by atoms with Crippen LogP contribution in [0, 0.1) is 24.7 Å². The molecule has 4 atom stereocenters. The number of carbonyl (C=O) groups excluding carboxylic acids is 2. The number of nitrogens with one attached hydrogen (secondary N) is 1. The third kappa shape index (κ3) is 12.0. The number of benzene rings is 2. The average molecular weight is 1080 g/mol. The fraction of sp³-hybridized carbons (Fsp3) is 0.542. The number of thiazole rings is 1. The summed E-state index contributed by atoms with van der Waals surface area (Å²) in [5.74, 6) is 1.62. The van der Waals surface area contributed by atoms with Crippen molar-refractivity contribution in [2.75, 3.05) is 63.0 Å². The maximum Gasteiger partial charge on any atom is 0.243 e. The van der Waals surface area contributed by atoms with Gasteiger partial charge in [-0.15, -0.1) is 21.5 Å². The molecule has 414 valence electrons. The fourth-order valence-corrected chi connectivity index (χ4v) is 13.5. The van der Waals surface area contributed by atoms with Crippen LogP contribution in [0.4, 0.5) is 11.6 Å². The second kappa shape index (κ2) is 23.6. The number of piperidine rings is 3. The summed E-state index contributed by atoms with van der Waals surface area (Å²) in [6.45, 7) is 15.2. The monoisotopic (exact) mass is 1080 g/mol. The smallest absolute Gasteiger partial charge is 0.243 e. The first-order valence-electron chi connectivity index (χ1n) is 28.4. The lowest BCUT2D eigenvalue weighted by atomic mass is 9.84. The molecule has 1 saturated carbocycles. The number of nitrogens with two attached hydrogens (primary N) is 1. The molecule has 6 aromatic rings. The first-order chi connectivity index (χ1) is 37.8. The molecule has 1 aliphatic carbocycles. The number of nitrogen functional groups attached to an aromatic ring is 1. The van der Waals surface area contributed by atoms with E-state index in [1.807, 2.05) is 92.5 Å². The third-order valence-electron chi connectivity index (χ3n) is 17.4. The van der Waals surface area contributed by atoms with E-state index in [4.69, 9.17) is 20.0 Å². The number of aliphatic hydroxyl groups excluding tert-OH is 1. The Morgan fingerprint density at radius 3 is 2.35 bits per heavy atom. The van der Waals surface area contributed by atoms with E-state index >= 15 is 0 Å². The molecule has 78 heavy (non-hydrogen) atoms. The van der Waals surface area contributed by atoms with Crippen LogP contribution in [0.2, 0.25) is 0 Å². The quantitative estimate of drug-likeness (QED) is 0.0685. The summed E-state index contributed by atoms with van der Waals surface area (Å²) in [6.07, 6.45) is 13.7. The van der Waals surface area contributed by atoms with Gasteiger partial charge in [0, 0.05) is 69.6 Å². The van der Waals surface area contributed by atoms with Gasteiger partial charge in [-0.3, -0.25) is 9.59 Å². The Balaban J connectivity index is 0.581. The Morgan fingerprint density at radius 2 is 1.63 bits per heavy atom. The van der Waals surface area contributed by atoms with Gasteiger partial charge in [0.25, 0.3) is 0 Å². The van der Waals surface area contributed by atoms with Gasteiger partial charge in [0.05, 0.1) is 63.8 Å². The number of ether oxygens (including phenoxy) is 1. The van der Waals surface area contributed by atoms with Crippen LogP contribution in [-0.2, 0) is 20.7 Å². The maximum atomic E-state index is 14.4. The number of aliphatic hydroxyl groups is 1. The lowest BCUT2D eigenvalue weighted by Crippen LogP contribution is -2.52. The number of likely N-dealkylation sites (tertiary alicyclic amines) is 3. The van der Waals surface area contributed by atoms with Crippen molar-refractivity contribution in [2.24, 2.45) is 17.8 Å². The first kappa shape index (κ1) is 53.7. The van der Waals surface area contributed by atoms with Crippen molar-refractivity contribution in [2.45, 2.75) is 134 Å². The van der Waals surface area contributed by atoms with Crippen LogP contribution >= 0.6 is 11.3 Å². The number of rotatable bonds is 17. The zero-order valence-corrected chi connectivity index (χ0v) is 46.3. The van der Waals surface area contributed by atoms with Crippen LogP contribution in [0.15, 0.2) is 83.2 Å². The van der Waals surface area contributed by atoms with Gasteiger partial charge in [0.2, 0.25) is 11.8 Å². The van der Waals surface area contributed by atoms with Gasteiger partial charge in [0.1, 0.15) is 17.7 Å². The molecule has 5 aliphatic rings. The van der Waals surface area contributed by atoms with E-state index < -0.39 is 18.1 Å². The molecule has 5 fully saturated rings. The molecule has 2 aromatic carbocycles. The highest BCUT2D eigenvalue weighted by Crippen LogP contribution is 2.37. The van der Waals surface area contributed by atoms with E-state index in [0.29, 0.717) is 58.6 Å². The number of phenolic OH excluding ortho intramolecular Hbond substituents is 1. The number of anilines is 2. The molecule has 4 saturated heterocycles. The second-order valence-electron chi connectivity index (χ2n) is 23.1. The minimum atomic E-state index is -0.796. The van der Waals surface area contributed by atoms with Crippen molar-refractivity contribution >= 4 is 34.8 Å². The zero-order valence-electron chi connectivity index (χ0n) is 45.5. The predicted octanol–water partition coefficient (Wildman–Crippen LogP) is 7.80. The van der Waals surface area contributed by atoms with Crippen molar-refractivity contribution in [1.29, 1.82) is 0 Å². The van der Waals surface area contributed by atoms with E-state index in [1.54, 1.807) is 34.7 Å². The minimum absolute atomic E-state index is 0.0909. The number of aryl methyl sites for hydroxylation is 1. The maximum absolute atomic E-state index is 14.4. The number of aromatic hydroxyl groups is 1. The van der Waals surface area contributed by atoms with Crippen LogP contribution in [0.1, 0.15) is 113 Å². The Morgan fingerprint density at radius 1 is 0.885 bits per heavy atom. The molecule has 5 N–H and O–H groups in total. The van der Waals surface area contributed by atoms with E-state index in [1.165, 1.54) is 0 Å². The molecule has 8 heterocycles. The lowest BCUT2D eigenvalue weighted by molar-refractivity contribution is -0.141.